The average Bonchev–Trinajstić information content (AvgIpc) is 2.93. The van der Waals surface area contributed by atoms with Gasteiger partial charge in [-0.2, -0.15) is 0 Å². The third-order valence-corrected chi connectivity index (χ3v) is 4.20. The van der Waals surface area contributed by atoms with Crippen LogP contribution in [0.25, 0.3) is 16.6 Å². The fourth-order valence-corrected chi connectivity index (χ4v) is 3.18. The van der Waals surface area contributed by atoms with Crippen molar-refractivity contribution in [3.05, 3.63) is 63.8 Å². The van der Waals surface area contributed by atoms with Crippen LogP contribution < -0.4 is 4.74 Å². The Labute approximate surface area is 149 Å². The molecule has 3 aromatic rings. The molecule has 0 amide bonds. The first kappa shape index (κ1) is 17.5. The number of nitro groups is 1. The third kappa shape index (κ3) is 2.67. The number of hydrogen-bond donors (Lipinski definition) is 0. The number of esters is 1. The molecule has 0 aliphatic rings. The van der Waals surface area contributed by atoms with Crippen molar-refractivity contribution in [2.45, 2.75) is 13.8 Å². The molecule has 7 nitrogen and oxygen atoms in total. The fourth-order valence-electron chi connectivity index (χ4n) is 3.18. The lowest BCUT2D eigenvalue weighted by Gasteiger charge is -2.08. The molecule has 134 valence electrons. The highest BCUT2D eigenvalue weighted by atomic mass is 16.6. The zero-order valence-corrected chi connectivity index (χ0v) is 14.7. The van der Waals surface area contributed by atoms with Crippen LogP contribution in [-0.2, 0) is 4.74 Å². The maximum Gasteiger partial charge on any atom is 0.340 e. The molecule has 7 heteroatoms. The van der Waals surface area contributed by atoms with Crippen molar-refractivity contribution in [2.75, 3.05) is 13.7 Å². The van der Waals surface area contributed by atoms with E-state index in [0.717, 1.165) is 5.69 Å². The summed E-state index contributed by atoms with van der Waals surface area (Å²) < 4.78 is 12.1. The molecule has 0 unspecified atom stereocenters. The number of rotatable bonds is 5. The van der Waals surface area contributed by atoms with Crippen LogP contribution >= 0.6 is 0 Å². The van der Waals surface area contributed by atoms with Gasteiger partial charge in [0, 0.05) is 11.4 Å². The standard InChI is InChI=1S/C19H18N2O5/c1-4-26-19(22)16-12(2)20(13-8-6-5-7-9-13)14-10-11-15(25-3)18(17(14)16)21(23)24/h5-11H,4H2,1-3H3. The topological polar surface area (TPSA) is 83.6 Å². The monoisotopic (exact) mass is 354 g/mol. The van der Waals surface area contributed by atoms with Crippen LogP contribution in [0.3, 0.4) is 0 Å². The first-order valence-corrected chi connectivity index (χ1v) is 8.10. The van der Waals surface area contributed by atoms with Gasteiger partial charge in [0.25, 0.3) is 0 Å². The van der Waals surface area contributed by atoms with Gasteiger partial charge in [-0.15, -0.1) is 0 Å². The van der Waals surface area contributed by atoms with Gasteiger partial charge < -0.3 is 14.0 Å². The number of methoxy groups -OCH3 is 1. The van der Waals surface area contributed by atoms with E-state index in [2.05, 4.69) is 0 Å². The molecule has 0 radical (unpaired) electrons. The largest absolute Gasteiger partial charge is 0.490 e. The number of benzene rings is 2. The minimum atomic E-state index is -0.596. The molecule has 0 bridgehead atoms. The summed E-state index contributed by atoms with van der Waals surface area (Å²) in [4.78, 5) is 23.8. The molecule has 0 atom stereocenters. The van der Waals surface area contributed by atoms with Gasteiger partial charge in [0.15, 0.2) is 5.75 Å². The van der Waals surface area contributed by atoms with Gasteiger partial charge in [-0.05, 0) is 38.1 Å². The Kier molecular flexibility index (Phi) is 4.62. The predicted molar refractivity (Wildman–Crippen MR) is 97.2 cm³/mol. The fraction of sp³-hybridized carbons (Fsp3) is 0.211. The average molecular weight is 354 g/mol. The Balaban J connectivity index is 2.48. The number of ether oxygens (including phenoxy) is 2. The highest BCUT2D eigenvalue weighted by molar-refractivity contribution is 6.11. The Morgan fingerprint density at radius 3 is 2.46 bits per heavy atom. The summed E-state index contributed by atoms with van der Waals surface area (Å²) in [7, 11) is 1.36. The van der Waals surface area contributed by atoms with E-state index in [9.17, 15) is 14.9 Å². The van der Waals surface area contributed by atoms with E-state index in [1.165, 1.54) is 13.2 Å². The van der Waals surface area contributed by atoms with E-state index < -0.39 is 10.9 Å². The Morgan fingerprint density at radius 1 is 1.19 bits per heavy atom. The molecule has 0 N–H and O–H groups in total. The van der Waals surface area contributed by atoms with Gasteiger partial charge in [-0.3, -0.25) is 10.1 Å². The Morgan fingerprint density at radius 2 is 1.88 bits per heavy atom. The lowest BCUT2D eigenvalue weighted by Crippen LogP contribution is -2.07. The van der Waals surface area contributed by atoms with Crippen LogP contribution in [0.5, 0.6) is 5.75 Å². The smallest absolute Gasteiger partial charge is 0.340 e. The first-order valence-electron chi connectivity index (χ1n) is 8.10. The van der Waals surface area contributed by atoms with Crippen molar-refractivity contribution in [3.63, 3.8) is 0 Å². The van der Waals surface area contributed by atoms with E-state index in [1.54, 1.807) is 19.9 Å². The van der Waals surface area contributed by atoms with Crippen molar-refractivity contribution in [3.8, 4) is 11.4 Å². The number of nitro benzene ring substituents is 1. The van der Waals surface area contributed by atoms with E-state index in [4.69, 9.17) is 9.47 Å². The van der Waals surface area contributed by atoms with Crippen LogP contribution in [0.4, 0.5) is 5.69 Å². The van der Waals surface area contributed by atoms with Crippen LogP contribution in [0, 0.1) is 17.0 Å². The van der Waals surface area contributed by atoms with Gasteiger partial charge in [-0.1, -0.05) is 18.2 Å². The van der Waals surface area contributed by atoms with Crippen molar-refractivity contribution in [1.82, 2.24) is 4.57 Å². The normalized spacial score (nSPS) is 10.7. The SMILES string of the molecule is CCOC(=O)c1c(C)n(-c2ccccc2)c2ccc(OC)c([N+](=O)[O-])c12. The molecule has 0 fully saturated rings. The van der Waals surface area contributed by atoms with E-state index >= 15 is 0 Å². The molecule has 1 heterocycles. The summed E-state index contributed by atoms with van der Waals surface area (Å²) in [6, 6.07) is 12.6. The molecule has 1 aromatic heterocycles. The summed E-state index contributed by atoms with van der Waals surface area (Å²) in [6.45, 7) is 3.61. The quantitative estimate of drug-likeness (QED) is 0.392. The number of aromatic nitrogens is 1. The third-order valence-electron chi connectivity index (χ3n) is 4.20. The summed E-state index contributed by atoms with van der Waals surface area (Å²) in [5, 5.41) is 12.0. The lowest BCUT2D eigenvalue weighted by molar-refractivity contribution is -0.384. The number of nitrogens with zero attached hydrogens (tertiary/aromatic N) is 2. The Bertz CT molecular complexity index is 992. The second kappa shape index (κ2) is 6.87. The van der Waals surface area contributed by atoms with Crippen molar-refractivity contribution in [2.24, 2.45) is 0 Å². The van der Waals surface area contributed by atoms with Gasteiger partial charge >= 0.3 is 11.7 Å². The maximum atomic E-state index is 12.6. The molecule has 2 aromatic carbocycles. The summed E-state index contributed by atoms with van der Waals surface area (Å²) in [5.74, 6) is -0.501. The predicted octanol–water partition coefficient (Wildman–Crippen LogP) is 4.03. The van der Waals surface area contributed by atoms with Crippen LogP contribution in [0.2, 0.25) is 0 Å². The molecule has 0 aliphatic carbocycles. The number of para-hydroxylation sites is 1. The zero-order chi connectivity index (χ0) is 18.8. The number of carbonyl (C=O) groups excluding carboxylic acids is 1. The van der Waals surface area contributed by atoms with E-state index in [-0.39, 0.29) is 29.0 Å². The van der Waals surface area contributed by atoms with Crippen LogP contribution in [0.15, 0.2) is 42.5 Å². The minimum Gasteiger partial charge on any atom is -0.490 e. The molecule has 0 spiro atoms. The highest BCUT2D eigenvalue weighted by Crippen LogP contribution is 2.41. The van der Waals surface area contributed by atoms with Gasteiger partial charge in [0.2, 0.25) is 0 Å². The van der Waals surface area contributed by atoms with Gasteiger partial charge in [0.1, 0.15) is 0 Å². The second-order valence-electron chi connectivity index (χ2n) is 5.62. The number of carbonyl (C=O) groups is 1. The summed E-state index contributed by atoms with van der Waals surface area (Å²) in [6.07, 6.45) is 0. The van der Waals surface area contributed by atoms with Crippen LogP contribution in [-0.4, -0.2) is 29.2 Å². The lowest BCUT2D eigenvalue weighted by atomic mass is 10.1. The molecular formula is C19H18N2O5. The maximum absolute atomic E-state index is 12.6. The summed E-state index contributed by atoms with van der Waals surface area (Å²) in [5.41, 5.74) is 1.84. The molecule has 26 heavy (non-hydrogen) atoms. The highest BCUT2D eigenvalue weighted by Gasteiger charge is 2.31. The van der Waals surface area contributed by atoms with E-state index in [1.807, 2.05) is 34.9 Å². The van der Waals surface area contributed by atoms with Crippen molar-refractivity contribution < 1.29 is 19.2 Å². The summed E-state index contributed by atoms with van der Waals surface area (Å²) >= 11 is 0. The van der Waals surface area contributed by atoms with Crippen molar-refractivity contribution >= 4 is 22.6 Å². The second-order valence-corrected chi connectivity index (χ2v) is 5.62. The number of hydrogen-bond acceptors (Lipinski definition) is 5. The van der Waals surface area contributed by atoms with Gasteiger partial charge in [0.05, 0.1) is 35.1 Å². The molecule has 0 aliphatic heterocycles. The molecule has 3 rings (SSSR count). The Hall–Kier alpha value is -3.35. The van der Waals surface area contributed by atoms with Gasteiger partial charge in [-0.25, -0.2) is 4.79 Å². The first-order chi connectivity index (χ1) is 12.5. The molecule has 0 saturated heterocycles. The zero-order valence-electron chi connectivity index (χ0n) is 14.7. The molecule has 0 saturated carbocycles. The number of fused-ring (bicyclic) bond motifs is 1. The van der Waals surface area contributed by atoms with Crippen LogP contribution in [0.1, 0.15) is 23.0 Å². The van der Waals surface area contributed by atoms with E-state index in [0.29, 0.717) is 11.2 Å². The minimum absolute atomic E-state index is 0.0956. The molecular weight excluding hydrogens is 336 g/mol. The van der Waals surface area contributed by atoms with Crippen molar-refractivity contribution in [1.29, 1.82) is 0 Å².